The molecule has 0 saturated carbocycles. The number of benzene rings is 1. The number of carbonyl (C=O) groups excluding carboxylic acids is 2. The van der Waals surface area contributed by atoms with Crippen LogP contribution in [-0.2, 0) is 16.6 Å². The second-order valence-corrected chi connectivity index (χ2v) is 10.1. The molecule has 12 nitrogen and oxygen atoms in total. The number of hydrogen-bond donors (Lipinski definition) is 1. The fourth-order valence-corrected chi connectivity index (χ4v) is 5.03. The van der Waals surface area contributed by atoms with Crippen molar-refractivity contribution in [2.75, 3.05) is 18.0 Å². The lowest BCUT2D eigenvalue weighted by Crippen LogP contribution is -2.49. The fourth-order valence-electron chi connectivity index (χ4n) is 5.03. The lowest BCUT2D eigenvalue weighted by atomic mass is 10.0. The molecular weight excluding hydrogens is 522 g/mol. The Labute approximate surface area is 238 Å². The number of anilines is 1. The van der Waals surface area contributed by atoms with Crippen molar-refractivity contribution in [3.63, 3.8) is 0 Å². The number of pyridine rings is 1. The molecule has 1 saturated heterocycles. The van der Waals surface area contributed by atoms with Gasteiger partial charge in [0.05, 0.1) is 12.2 Å². The van der Waals surface area contributed by atoms with Crippen LogP contribution in [0.4, 0.5) is 5.82 Å². The van der Waals surface area contributed by atoms with E-state index < -0.39 is 6.23 Å². The van der Waals surface area contributed by atoms with Crippen molar-refractivity contribution in [2.24, 2.45) is 7.05 Å². The van der Waals surface area contributed by atoms with Crippen molar-refractivity contribution >= 4 is 17.7 Å². The molecule has 41 heavy (non-hydrogen) atoms. The Morgan fingerprint density at radius 2 is 2.00 bits per heavy atom. The number of aromatic nitrogens is 7. The van der Waals surface area contributed by atoms with Crippen molar-refractivity contribution < 1.29 is 14.3 Å². The van der Waals surface area contributed by atoms with Gasteiger partial charge in [0.1, 0.15) is 11.5 Å². The van der Waals surface area contributed by atoms with Gasteiger partial charge in [-0.15, -0.1) is 15.0 Å². The van der Waals surface area contributed by atoms with Crippen LogP contribution in [0, 0.1) is 6.92 Å². The molecule has 1 aromatic carbocycles. The van der Waals surface area contributed by atoms with Crippen LogP contribution in [0.2, 0.25) is 0 Å². The monoisotopic (exact) mass is 557 g/mol. The van der Waals surface area contributed by atoms with Gasteiger partial charge in [-0.3, -0.25) is 19.2 Å². The number of aryl methyl sites for hydroxylation is 2. The molecule has 0 aliphatic carbocycles. The first-order valence-electron chi connectivity index (χ1n) is 14.0. The van der Waals surface area contributed by atoms with E-state index in [9.17, 15) is 9.59 Å². The molecule has 1 amide bonds. The number of piperidine rings is 1. The highest BCUT2D eigenvalue weighted by molar-refractivity contribution is 6.06. The fraction of sp³-hybridized carbons (Fsp3) is 0.414. The minimum absolute atomic E-state index is 0.0201. The zero-order chi connectivity index (χ0) is 28.9. The van der Waals surface area contributed by atoms with Crippen molar-refractivity contribution in [3.05, 3.63) is 59.9 Å². The summed E-state index contributed by atoms with van der Waals surface area (Å²) in [7, 11) is 1.80. The normalized spacial score (nSPS) is 15.9. The standard InChI is InChI=1S/C29H35N9O3/c1-5-24(41-25(39)6-2)38-34-27(33-35-38)26-23(18-32-36(26)4)20-11-13-21(14-12-20)29(40)37(22-10-8-15-30-17-22)28-19(3)9-7-16-31-28/h7,9,11-14,16,18,22,24,30H,5-6,8,10,15,17H2,1-4H3. The molecule has 2 atom stereocenters. The van der Waals surface area contributed by atoms with Crippen LogP contribution in [0.25, 0.3) is 22.6 Å². The zero-order valence-electron chi connectivity index (χ0n) is 23.8. The third-order valence-corrected chi connectivity index (χ3v) is 7.25. The lowest BCUT2D eigenvalue weighted by Gasteiger charge is -2.34. The minimum atomic E-state index is -0.643. The lowest BCUT2D eigenvalue weighted by molar-refractivity contribution is -0.155. The molecule has 1 aliphatic heterocycles. The second-order valence-electron chi connectivity index (χ2n) is 10.1. The molecule has 5 rings (SSSR count). The highest BCUT2D eigenvalue weighted by atomic mass is 16.6. The predicted molar refractivity (Wildman–Crippen MR) is 153 cm³/mol. The molecule has 12 heteroatoms. The molecular formula is C29H35N9O3. The topological polar surface area (TPSA) is 133 Å². The molecule has 3 aromatic heterocycles. The Morgan fingerprint density at radius 3 is 2.68 bits per heavy atom. The molecule has 4 aromatic rings. The molecule has 1 fully saturated rings. The van der Waals surface area contributed by atoms with Crippen molar-refractivity contribution in [3.8, 4) is 22.6 Å². The van der Waals surface area contributed by atoms with Gasteiger partial charge >= 0.3 is 5.97 Å². The van der Waals surface area contributed by atoms with E-state index in [1.54, 1.807) is 31.0 Å². The van der Waals surface area contributed by atoms with Crippen LogP contribution in [0.5, 0.6) is 0 Å². The van der Waals surface area contributed by atoms with Gasteiger partial charge in [-0.2, -0.15) is 5.10 Å². The van der Waals surface area contributed by atoms with Gasteiger partial charge in [-0.1, -0.05) is 32.0 Å². The average molecular weight is 558 g/mol. The Bertz CT molecular complexity index is 1510. The number of tetrazole rings is 1. The first kappa shape index (κ1) is 28.1. The average Bonchev–Trinajstić information content (AvgIpc) is 3.64. The van der Waals surface area contributed by atoms with Crippen LogP contribution >= 0.6 is 0 Å². The third-order valence-electron chi connectivity index (χ3n) is 7.25. The van der Waals surface area contributed by atoms with Gasteiger partial charge in [0.2, 0.25) is 12.1 Å². The smallest absolute Gasteiger partial charge is 0.307 e. The molecule has 2 unspecified atom stereocenters. The second kappa shape index (κ2) is 12.4. The predicted octanol–water partition coefficient (Wildman–Crippen LogP) is 3.70. The maximum Gasteiger partial charge on any atom is 0.307 e. The number of ether oxygens (including phenoxy) is 1. The highest BCUT2D eigenvalue weighted by Gasteiger charge is 2.30. The molecule has 0 spiro atoms. The summed E-state index contributed by atoms with van der Waals surface area (Å²) in [5.41, 5.74) is 3.83. The summed E-state index contributed by atoms with van der Waals surface area (Å²) in [6.07, 6.45) is 5.50. The van der Waals surface area contributed by atoms with Crippen LogP contribution in [0.1, 0.15) is 61.7 Å². The first-order chi connectivity index (χ1) is 19.9. The Kier molecular flexibility index (Phi) is 8.48. The molecule has 1 aliphatic rings. The van der Waals surface area contributed by atoms with E-state index in [1.807, 2.05) is 55.1 Å². The highest BCUT2D eigenvalue weighted by Crippen LogP contribution is 2.31. The molecule has 1 N–H and O–H groups in total. The van der Waals surface area contributed by atoms with E-state index in [-0.39, 0.29) is 24.3 Å². The molecule has 4 heterocycles. The Balaban J connectivity index is 1.43. The summed E-state index contributed by atoms with van der Waals surface area (Å²) in [5, 5.41) is 20.7. The minimum Gasteiger partial charge on any atom is -0.438 e. The maximum atomic E-state index is 13.9. The molecule has 0 radical (unpaired) electrons. The van der Waals surface area contributed by atoms with E-state index in [0.717, 1.165) is 42.6 Å². The zero-order valence-corrected chi connectivity index (χ0v) is 23.8. The van der Waals surface area contributed by atoms with E-state index >= 15 is 0 Å². The quantitative estimate of drug-likeness (QED) is 0.306. The summed E-state index contributed by atoms with van der Waals surface area (Å²) in [5.74, 6) is 0.625. The molecule has 214 valence electrons. The number of nitrogens with one attached hydrogen (secondary N) is 1. The SMILES string of the molecule is CCC(=O)OC(CC)n1nnc(-c2c(-c3ccc(C(=O)N(c4ncccc4C)C4CCCNC4)cc3)cnn2C)n1. The summed E-state index contributed by atoms with van der Waals surface area (Å²) in [6, 6.07) is 11.3. The van der Waals surface area contributed by atoms with Gasteiger partial charge in [0.15, 0.2) is 0 Å². The summed E-state index contributed by atoms with van der Waals surface area (Å²) in [4.78, 5) is 33.5. The number of esters is 1. The van der Waals surface area contributed by atoms with E-state index in [0.29, 0.717) is 29.3 Å². The maximum absolute atomic E-state index is 13.9. The van der Waals surface area contributed by atoms with E-state index in [2.05, 4.69) is 30.8 Å². The van der Waals surface area contributed by atoms with Crippen LogP contribution in [0.15, 0.2) is 48.8 Å². The van der Waals surface area contributed by atoms with Gasteiger partial charge < -0.3 is 10.1 Å². The summed E-state index contributed by atoms with van der Waals surface area (Å²) < 4.78 is 7.12. The van der Waals surface area contributed by atoms with Gasteiger partial charge in [0, 0.05) is 43.8 Å². The van der Waals surface area contributed by atoms with Crippen LogP contribution < -0.4 is 10.2 Å². The summed E-state index contributed by atoms with van der Waals surface area (Å²) in [6.45, 7) is 7.28. The Hall–Kier alpha value is -4.45. The number of carbonyl (C=O) groups is 2. The van der Waals surface area contributed by atoms with Crippen LogP contribution in [-0.4, -0.2) is 66.0 Å². The van der Waals surface area contributed by atoms with Crippen molar-refractivity contribution in [2.45, 2.75) is 58.7 Å². The summed E-state index contributed by atoms with van der Waals surface area (Å²) >= 11 is 0. The van der Waals surface area contributed by atoms with Crippen molar-refractivity contribution in [1.82, 2.24) is 40.3 Å². The Morgan fingerprint density at radius 1 is 1.20 bits per heavy atom. The number of hydrogen-bond acceptors (Lipinski definition) is 9. The number of nitrogens with zero attached hydrogens (tertiary/aromatic N) is 8. The van der Waals surface area contributed by atoms with E-state index in [1.165, 1.54) is 4.80 Å². The van der Waals surface area contributed by atoms with Crippen molar-refractivity contribution in [1.29, 1.82) is 0 Å². The number of rotatable bonds is 9. The van der Waals surface area contributed by atoms with Gasteiger partial charge in [-0.25, -0.2) is 4.98 Å². The first-order valence-corrected chi connectivity index (χ1v) is 14.0. The third kappa shape index (κ3) is 5.87. The van der Waals surface area contributed by atoms with Crippen LogP contribution in [0.3, 0.4) is 0 Å². The van der Waals surface area contributed by atoms with Gasteiger partial charge in [-0.05, 0) is 60.8 Å². The largest absolute Gasteiger partial charge is 0.438 e. The number of amides is 1. The molecule has 0 bridgehead atoms. The van der Waals surface area contributed by atoms with E-state index in [4.69, 9.17) is 4.74 Å². The van der Waals surface area contributed by atoms with Gasteiger partial charge in [0.25, 0.3) is 5.91 Å².